The number of aryl methyl sites for hydroxylation is 1. The number of carbonyl (C=O) groups excluding carboxylic acids is 5. The van der Waals surface area contributed by atoms with Gasteiger partial charge in [0.15, 0.2) is 34.7 Å². The van der Waals surface area contributed by atoms with Gasteiger partial charge in [-0.05, 0) is 42.7 Å². The Hall–Kier alpha value is -3.17. The molecule has 0 spiro atoms. The number of phenolic OH excluding ortho intramolecular Hbond substituents is 1. The lowest BCUT2D eigenvalue weighted by atomic mass is 9.53. The van der Waals surface area contributed by atoms with Gasteiger partial charge in [0.2, 0.25) is 5.91 Å². The number of amides is 1. The Morgan fingerprint density at radius 2 is 1.89 bits per heavy atom. The maximum Gasteiger partial charge on any atom is 0.235 e. The van der Waals surface area contributed by atoms with Crippen molar-refractivity contribution in [3.63, 3.8) is 0 Å². The first-order valence-corrected chi connectivity index (χ1v) is 12.5. The van der Waals surface area contributed by atoms with Crippen LogP contribution in [-0.4, -0.2) is 62.8 Å². The monoisotopic (exact) mass is 494 g/mol. The van der Waals surface area contributed by atoms with Crippen molar-refractivity contribution in [3.8, 4) is 5.75 Å². The molecule has 3 aliphatic carbocycles. The van der Waals surface area contributed by atoms with Crippen molar-refractivity contribution in [2.45, 2.75) is 51.2 Å². The number of aliphatic hydroxyl groups is 1. The summed E-state index contributed by atoms with van der Waals surface area (Å²) in [7, 11) is 0. The Labute approximate surface area is 208 Å². The van der Waals surface area contributed by atoms with Crippen LogP contribution >= 0.6 is 0 Å². The lowest BCUT2D eigenvalue weighted by Crippen LogP contribution is -2.68. The summed E-state index contributed by atoms with van der Waals surface area (Å²) in [6.45, 7) is 3.95. The van der Waals surface area contributed by atoms with Gasteiger partial charge in [0.1, 0.15) is 5.75 Å². The molecule has 0 aromatic heterocycles. The Morgan fingerprint density at radius 1 is 1.14 bits per heavy atom. The predicted molar refractivity (Wildman–Crippen MR) is 127 cm³/mol. The van der Waals surface area contributed by atoms with Crippen molar-refractivity contribution in [1.29, 1.82) is 0 Å². The lowest BCUT2D eigenvalue weighted by Gasteiger charge is -2.48. The number of fused-ring (bicyclic) bond motifs is 3. The summed E-state index contributed by atoms with van der Waals surface area (Å²) in [5.74, 6) is -9.70. The first-order chi connectivity index (χ1) is 17.1. The summed E-state index contributed by atoms with van der Waals surface area (Å²) in [5.41, 5.74) is 4.89. The molecular weight excluding hydrogens is 464 g/mol. The second kappa shape index (κ2) is 8.74. The minimum absolute atomic E-state index is 0.0827. The maximum absolute atomic E-state index is 13.8. The van der Waals surface area contributed by atoms with E-state index in [-0.39, 0.29) is 24.2 Å². The van der Waals surface area contributed by atoms with E-state index in [2.05, 4.69) is 17.1 Å². The van der Waals surface area contributed by atoms with Gasteiger partial charge < -0.3 is 15.9 Å². The summed E-state index contributed by atoms with van der Waals surface area (Å²) in [4.78, 5) is 66.9. The first-order valence-electron chi connectivity index (χ1n) is 12.5. The van der Waals surface area contributed by atoms with Crippen LogP contribution in [0.3, 0.4) is 0 Å². The van der Waals surface area contributed by atoms with Crippen molar-refractivity contribution in [3.05, 3.63) is 40.5 Å². The van der Waals surface area contributed by atoms with Crippen LogP contribution in [0.4, 0.5) is 0 Å². The minimum atomic E-state index is -2.62. The van der Waals surface area contributed by atoms with Gasteiger partial charge in [-0.3, -0.25) is 28.9 Å². The molecule has 1 amide bonds. The van der Waals surface area contributed by atoms with Crippen LogP contribution in [0.15, 0.2) is 18.2 Å². The smallest absolute Gasteiger partial charge is 0.235 e. The standard InChI is InChI=1S/C27H30N2O7/c1-2-13-8-15(12-29-6-4-3-5-7-29)22(31)20-17(13)10-14-9-16-11-18(30)21(26(28)35)25(34)27(16,36)24(33)19(14)23(20)32/h3-4,8,14,16,19,21,31,36H,2,5-7,9-12H2,1H3,(H2,28,35)/t14-,16+,19?,21?,27+/m1/s1. The number of benzene rings is 1. The molecule has 0 bridgehead atoms. The molecule has 5 rings (SSSR count). The third kappa shape index (κ3) is 3.48. The van der Waals surface area contributed by atoms with Gasteiger partial charge in [-0.15, -0.1) is 0 Å². The predicted octanol–water partition coefficient (Wildman–Crippen LogP) is 0.651. The van der Waals surface area contributed by atoms with E-state index in [0.29, 0.717) is 30.5 Å². The number of hydrogen-bond acceptors (Lipinski definition) is 8. The number of rotatable bonds is 4. The zero-order valence-corrected chi connectivity index (χ0v) is 20.2. The quantitative estimate of drug-likeness (QED) is 0.407. The third-order valence-electron chi connectivity index (χ3n) is 8.49. The van der Waals surface area contributed by atoms with Crippen molar-refractivity contribution >= 4 is 29.0 Å². The van der Waals surface area contributed by atoms with Crippen LogP contribution in [-0.2, 0) is 38.6 Å². The molecule has 4 aliphatic rings. The zero-order chi connectivity index (χ0) is 25.9. The second-order valence-corrected chi connectivity index (χ2v) is 10.5. The normalized spacial score (nSPS) is 32.2. The summed E-state index contributed by atoms with van der Waals surface area (Å²) in [6, 6.07) is 1.92. The number of carbonyl (C=O) groups is 5. The number of primary amides is 1. The van der Waals surface area contributed by atoms with E-state index in [4.69, 9.17) is 5.73 Å². The number of hydrogen-bond donors (Lipinski definition) is 3. The Kier molecular flexibility index (Phi) is 5.95. The third-order valence-corrected chi connectivity index (χ3v) is 8.49. The molecule has 1 aromatic carbocycles. The van der Waals surface area contributed by atoms with Gasteiger partial charge >= 0.3 is 0 Å². The largest absolute Gasteiger partial charge is 0.507 e. The molecule has 2 fully saturated rings. The Morgan fingerprint density at radius 3 is 2.53 bits per heavy atom. The summed E-state index contributed by atoms with van der Waals surface area (Å²) in [5, 5.41) is 22.5. The van der Waals surface area contributed by atoms with E-state index in [9.17, 15) is 34.2 Å². The number of ketones is 4. The van der Waals surface area contributed by atoms with Gasteiger partial charge in [0.05, 0.1) is 11.5 Å². The summed E-state index contributed by atoms with van der Waals surface area (Å²) >= 11 is 0. The fourth-order valence-electron chi connectivity index (χ4n) is 6.68. The van der Waals surface area contributed by atoms with Crippen molar-refractivity contribution in [1.82, 2.24) is 4.90 Å². The molecule has 9 nitrogen and oxygen atoms in total. The Balaban J connectivity index is 1.56. The van der Waals surface area contributed by atoms with Crippen LogP contribution in [0.1, 0.15) is 53.2 Å². The number of phenols is 1. The molecule has 36 heavy (non-hydrogen) atoms. The highest BCUT2D eigenvalue weighted by atomic mass is 16.3. The van der Waals surface area contributed by atoms with E-state index in [1.807, 2.05) is 13.0 Å². The molecule has 1 heterocycles. The molecule has 4 N–H and O–H groups in total. The highest BCUT2D eigenvalue weighted by Gasteiger charge is 2.66. The Bertz CT molecular complexity index is 1230. The van der Waals surface area contributed by atoms with E-state index < -0.39 is 58.3 Å². The van der Waals surface area contributed by atoms with E-state index in [0.717, 1.165) is 25.1 Å². The molecular formula is C27H30N2O7. The SMILES string of the molecule is CCc1cc(CN2CC=CCC2)c(O)c2c1C[C@H]1C[C@H]3CC(=O)C(C(N)=O)C(=O)[C@@]3(O)C(=O)C1C2=O. The van der Waals surface area contributed by atoms with E-state index in [1.165, 1.54) is 0 Å². The average Bonchev–Trinajstić information content (AvgIpc) is 2.83. The van der Waals surface area contributed by atoms with Gasteiger partial charge in [0, 0.05) is 37.5 Å². The second-order valence-electron chi connectivity index (χ2n) is 10.5. The maximum atomic E-state index is 13.8. The number of aromatic hydroxyl groups is 1. The van der Waals surface area contributed by atoms with Gasteiger partial charge in [-0.1, -0.05) is 25.1 Å². The molecule has 2 unspecified atom stereocenters. The van der Waals surface area contributed by atoms with E-state index >= 15 is 0 Å². The highest BCUT2D eigenvalue weighted by Crippen LogP contribution is 2.50. The van der Waals surface area contributed by atoms with Crippen LogP contribution in [0.2, 0.25) is 0 Å². The lowest BCUT2D eigenvalue weighted by molar-refractivity contribution is -0.175. The minimum Gasteiger partial charge on any atom is -0.507 e. The van der Waals surface area contributed by atoms with Gasteiger partial charge in [0.25, 0.3) is 0 Å². The van der Waals surface area contributed by atoms with Crippen LogP contribution in [0, 0.1) is 23.7 Å². The average molecular weight is 495 g/mol. The summed E-state index contributed by atoms with van der Waals surface area (Å²) in [6.07, 6.45) is 5.76. The zero-order valence-electron chi connectivity index (χ0n) is 20.2. The molecule has 9 heteroatoms. The molecule has 190 valence electrons. The fraction of sp³-hybridized carbons (Fsp3) is 0.519. The number of nitrogens with two attached hydrogens (primary N) is 1. The van der Waals surface area contributed by atoms with E-state index in [1.54, 1.807) is 0 Å². The fourth-order valence-corrected chi connectivity index (χ4v) is 6.68. The number of Topliss-reactive ketones (excluding diaryl/α,β-unsaturated/α-hetero) is 4. The van der Waals surface area contributed by atoms with Gasteiger partial charge in [-0.25, -0.2) is 0 Å². The van der Waals surface area contributed by atoms with Crippen molar-refractivity contribution < 1.29 is 34.2 Å². The molecule has 5 atom stereocenters. The highest BCUT2D eigenvalue weighted by molar-refractivity contribution is 6.31. The summed E-state index contributed by atoms with van der Waals surface area (Å²) < 4.78 is 0. The van der Waals surface area contributed by atoms with Gasteiger partial charge in [-0.2, -0.15) is 0 Å². The van der Waals surface area contributed by atoms with Crippen LogP contribution in [0.25, 0.3) is 0 Å². The van der Waals surface area contributed by atoms with Crippen LogP contribution in [0.5, 0.6) is 5.75 Å². The van der Waals surface area contributed by atoms with Crippen molar-refractivity contribution in [2.75, 3.05) is 13.1 Å². The molecule has 2 saturated carbocycles. The molecule has 0 saturated heterocycles. The molecule has 0 radical (unpaired) electrons. The topological polar surface area (TPSA) is 155 Å². The van der Waals surface area contributed by atoms with Crippen LogP contribution < -0.4 is 5.73 Å². The van der Waals surface area contributed by atoms with Crippen molar-refractivity contribution in [2.24, 2.45) is 29.4 Å². The molecule has 1 aromatic rings. The molecule has 1 aliphatic heterocycles. The number of nitrogens with zero attached hydrogens (tertiary/aromatic N) is 1. The first kappa shape index (κ1) is 24.5.